The van der Waals surface area contributed by atoms with Gasteiger partial charge in [-0.1, -0.05) is 85.6 Å². The molecule has 18 atom stereocenters. The number of phenols is 3. The Bertz CT molecular complexity index is 4420. The number of fused-ring (bicyclic) bond motifs is 15. The molecule has 6 aromatic carbocycles. The molecule has 0 aromatic heterocycles. The van der Waals surface area contributed by atoms with Crippen molar-refractivity contribution < 1.29 is 118 Å². The summed E-state index contributed by atoms with van der Waals surface area (Å²) in [5.74, 6) is -16.1. The molecule has 0 spiro atoms. The van der Waals surface area contributed by atoms with Crippen molar-refractivity contribution in [3.63, 3.8) is 0 Å². The first-order valence-electron chi connectivity index (χ1n) is 33.7. The zero-order chi connectivity index (χ0) is 77.4. The lowest BCUT2D eigenvalue weighted by Gasteiger charge is -2.47. The quantitative estimate of drug-likeness (QED) is 0.0695. The van der Waals surface area contributed by atoms with Gasteiger partial charge in [0.25, 0.3) is 0 Å². The number of carboxylic acids is 1. The predicted molar refractivity (Wildman–Crippen MR) is 374 cm³/mol. The van der Waals surface area contributed by atoms with Crippen LogP contribution < -0.4 is 62.9 Å². The Kier molecular flexibility index (Phi) is 23.5. The van der Waals surface area contributed by atoms with E-state index in [-0.39, 0.29) is 52.8 Å². The van der Waals surface area contributed by atoms with E-state index in [1.54, 1.807) is 18.2 Å². The first-order chi connectivity index (χ1) is 50.7. The van der Waals surface area contributed by atoms with E-state index in [0.29, 0.717) is 0 Å². The van der Waals surface area contributed by atoms with Gasteiger partial charge in [0.1, 0.15) is 89.5 Å². The number of primary amides is 1. The van der Waals surface area contributed by atoms with Crippen molar-refractivity contribution in [2.24, 2.45) is 17.4 Å². The lowest BCUT2D eigenvalue weighted by Crippen LogP contribution is -2.64. The van der Waals surface area contributed by atoms with Crippen LogP contribution in [0.5, 0.6) is 46.0 Å². The summed E-state index contributed by atoms with van der Waals surface area (Å²) in [6, 6.07) is 8.20. The molecule has 2 fully saturated rings. The lowest BCUT2D eigenvalue weighted by molar-refractivity contribution is -0.333. The van der Waals surface area contributed by atoms with Crippen LogP contribution in [0, 0.1) is 5.92 Å². The molecule has 0 aliphatic carbocycles. The van der Waals surface area contributed by atoms with Crippen LogP contribution in [0.25, 0.3) is 11.1 Å². The normalized spacial score (nSPS) is 28.4. The number of aromatic hydroxyl groups is 3. The van der Waals surface area contributed by atoms with Crippen LogP contribution >= 0.6 is 23.2 Å². The first kappa shape index (κ1) is 78.1. The van der Waals surface area contributed by atoms with Crippen molar-refractivity contribution in [3.8, 4) is 57.1 Å². The number of nitrogens with two attached hydrogens (primary N) is 2. The second-order valence-electron chi connectivity index (χ2n) is 27.3. The lowest BCUT2D eigenvalue weighted by atomic mass is 9.86. The Morgan fingerprint density at radius 1 is 0.692 bits per heavy atom. The minimum Gasteiger partial charge on any atom is -0.508 e. The Morgan fingerprint density at radius 2 is 1.31 bits per heavy atom. The molecule has 13 rings (SSSR count). The van der Waals surface area contributed by atoms with Crippen LogP contribution in [0.2, 0.25) is 10.0 Å². The Balaban J connectivity index is 1.14. The van der Waals surface area contributed by atoms with E-state index in [1.165, 1.54) is 26.0 Å². The SMILES string of the molecule is CC(C)C[C@@H](NCc1ccccc1)C(=O)N[C@H]1C(=O)N[C@@H](CC(N)=O)C(=O)N[C@H]2C(=O)N[C@H]3C(=O)N[C@H](C(=O)N[C@H](C(=O)O)c4cc(O)cc(O)c4-c4cc3ccc4O)[C@H](O)c3ccc(c(Cl)c3)Oc3cc2cc(c3O[C@@H]2O[C@H](CO)[C@@H](O)[C@H](O)[C@H]2O[C@H]2C[C@](C)(N)[C@H](O)[C@H](C)O2)Oc2ccc(cc2Cl)[C@H]1O. The summed E-state index contributed by atoms with van der Waals surface area (Å²) >= 11 is 14.2. The number of aliphatic hydroxyl groups excluding tert-OH is 6. The highest BCUT2D eigenvalue weighted by Crippen LogP contribution is 2.50. The maximum atomic E-state index is 16.1. The number of aliphatic hydroxyl groups is 6. The summed E-state index contributed by atoms with van der Waals surface area (Å²) in [4.78, 5) is 118. The number of phenolic OH excluding ortho intramolecular Hbond substituents is 3. The van der Waals surface area contributed by atoms with Crippen molar-refractivity contribution >= 4 is 70.5 Å². The van der Waals surface area contributed by atoms with Crippen molar-refractivity contribution in [2.45, 2.75) is 163 Å². The maximum Gasteiger partial charge on any atom is 0.330 e. The number of carbonyl (C=O) groups is 8. The monoisotopic (exact) mass is 1520 g/mol. The fourth-order valence-corrected chi connectivity index (χ4v) is 13.7. The number of carbonyl (C=O) groups excluding carboxylic acids is 7. The number of rotatable bonds is 15. The van der Waals surface area contributed by atoms with Gasteiger partial charge in [-0.3, -0.25) is 33.6 Å². The molecule has 570 valence electrons. The summed E-state index contributed by atoms with van der Waals surface area (Å²) in [7, 11) is 0. The molecule has 7 aliphatic rings. The molecule has 7 heterocycles. The van der Waals surface area contributed by atoms with Crippen molar-refractivity contribution in [3.05, 3.63) is 153 Å². The second kappa shape index (κ2) is 32.2. The third kappa shape index (κ3) is 17.1. The van der Waals surface area contributed by atoms with Gasteiger partial charge in [0.15, 0.2) is 29.9 Å². The fraction of sp³-hybridized carbons (Fsp3) is 0.389. The van der Waals surface area contributed by atoms with Crippen LogP contribution in [0.1, 0.15) is 111 Å². The number of carboxylic acid groups (broad SMARTS) is 1. The van der Waals surface area contributed by atoms with Gasteiger partial charge in [0, 0.05) is 41.3 Å². The highest BCUT2D eigenvalue weighted by atomic mass is 35.5. The van der Waals surface area contributed by atoms with E-state index in [4.69, 9.17) is 63.1 Å². The van der Waals surface area contributed by atoms with E-state index < -0.39 is 237 Å². The summed E-state index contributed by atoms with van der Waals surface area (Å²) < 4.78 is 38.5. The predicted octanol–water partition coefficient (Wildman–Crippen LogP) is 1.68. The standard InChI is InChI=1S/C72H79Cl2N9O24/c1-28(2)16-40(77-26-30-8-6-5-7-9-30)64(94)82-55-57(89)32-11-14-44(38(73)18-32)103-46-20-34-21-47(61(46)107-71-62(60(92)59(91)48(27-84)105-71)106-50-25-72(4,76)63(93)29(3)102-50)104-45-15-12-33(19-39(45)74)58(90)56-69(99)81-54(70(100)101)37-22-35(85)23-43(87)51(37)36-17-31(10-13-42(36)86)52(66(96)83-56)80-67(97)53(34)79-65(95)41(24-49(75)88)78-68(55)98/h5-15,17-23,28-29,40-41,48,50,52-60,62-63,71,77,84-87,89-93H,16,24-27,76H2,1-4H3,(H2,75,88)(H,78,98)(H,79,95)(H,80,97)(H,81,99)(H,82,94)(H,83,96)(H,100,101)/t29-,40+,41-,48+,50-,52+,53+,54-,55+,56-,57+,58+,59+,60-,62+,63+,71-,72-/m0/s1. The van der Waals surface area contributed by atoms with E-state index in [0.717, 1.165) is 72.3 Å². The number of ether oxygens (including phenoxy) is 6. The number of hydrogen-bond acceptors (Lipinski definition) is 25. The molecule has 21 N–H and O–H groups in total. The van der Waals surface area contributed by atoms with Gasteiger partial charge in [0.05, 0.1) is 41.3 Å². The molecule has 0 radical (unpaired) electrons. The molecular formula is C72H79Cl2N9O24. The largest absolute Gasteiger partial charge is 0.508 e. The molecule has 33 nitrogen and oxygen atoms in total. The summed E-state index contributed by atoms with van der Waals surface area (Å²) in [5, 5.41) is 132. The molecule has 11 bridgehead atoms. The Morgan fingerprint density at radius 3 is 1.92 bits per heavy atom. The van der Waals surface area contributed by atoms with Gasteiger partial charge in [-0.15, -0.1) is 0 Å². The third-order valence-corrected chi connectivity index (χ3v) is 19.4. The molecule has 2 saturated heterocycles. The number of aliphatic carboxylic acids is 1. The van der Waals surface area contributed by atoms with Gasteiger partial charge in [-0.05, 0) is 109 Å². The topological polar surface area (TPSA) is 530 Å². The van der Waals surface area contributed by atoms with Gasteiger partial charge in [-0.2, -0.15) is 0 Å². The summed E-state index contributed by atoms with van der Waals surface area (Å²) in [5.41, 5.74) is 8.84. The zero-order valence-electron chi connectivity index (χ0n) is 57.4. The van der Waals surface area contributed by atoms with E-state index in [9.17, 15) is 70.2 Å². The minimum absolute atomic E-state index is 0.143. The van der Waals surface area contributed by atoms with Gasteiger partial charge in [-0.25, -0.2) is 4.79 Å². The van der Waals surface area contributed by atoms with Crippen LogP contribution in [0.4, 0.5) is 0 Å². The summed E-state index contributed by atoms with van der Waals surface area (Å²) in [6.07, 6.45) is -18.7. The van der Waals surface area contributed by atoms with Crippen molar-refractivity contribution in [1.29, 1.82) is 0 Å². The minimum atomic E-state index is -2.36. The van der Waals surface area contributed by atoms with E-state index >= 15 is 19.2 Å². The van der Waals surface area contributed by atoms with Crippen LogP contribution in [-0.2, 0) is 59.1 Å². The third-order valence-electron chi connectivity index (χ3n) is 18.8. The Labute approximate surface area is 619 Å². The van der Waals surface area contributed by atoms with E-state index in [1.807, 2.05) is 26.0 Å². The molecular weight excluding hydrogens is 1450 g/mol. The average Bonchev–Trinajstić information content (AvgIpc) is 0.766. The number of halogens is 2. The molecule has 6 aromatic rings. The fourth-order valence-electron chi connectivity index (χ4n) is 13.3. The van der Waals surface area contributed by atoms with Gasteiger partial charge >= 0.3 is 5.97 Å². The molecule has 35 heteroatoms. The van der Waals surface area contributed by atoms with Crippen LogP contribution in [0.15, 0.2) is 109 Å². The first-order valence-corrected chi connectivity index (χ1v) is 34.5. The van der Waals surface area contributed by atoms with Crippen molar-refractivity contribution in [2.75, 3.05) is 6.61 Å². The van der Waals surface area contributed by atoms with Gasteiger partial charge in [0.2, 0.25) is 53.4 Å². The van der Waals surface area contributed by atoms with E-state index in [2.05, 4.69) is 37.2 Å². The molecule has 107 heavy (non-hydrogen) atoms. The molecule has 0 unspecified atom stereocenters. The number of benzene rings is 6. The molecule has 7 amide bonds. The van der Waals surface area contributed by atoms with Crippen LogP contribution in [0.3, 0.4) is 0 Å². The maximum absolute atomic E-state index is 16.1. The average molecular weight is 1530 g/mol. The highest BCUT2D eigenvalue weighted by Gasteiger charge is 2.52. The molecule has 0 saturated carbocycles. The number of amides is 7. The second-order valence-corrected chi connectivity index (χ2v) is 28.1. The number of hydrogen-bond donors (Lipinski definition) is 19. The highest BCUT2D eigenvalue weighted by molar-refractivity contribution is 6.32. The smallest absolute Gasteiger partial charge is 0.330 e. The van der Waals surface area contributed by atoms with Gasteiger partial charge < -0.3 is 128 Å². The summed E-state index contributed by atoms with van der Waals surface area (Å²) in [6.45, 7) is 5.86. The zero-order valence-corrected chi connectivity index (χ0v) is 58.9. The van der Waals surface area contributed by atoms with Crippen LogP contribution in [-0.4, -0.2) is 184 Å². The number of nitrogens with one attached hydrogen (secondary N) is 7. The molecule has 7 aliphatic heterocycles. The van der Waals surface area contributed by atoms with Crippen molar-refractivity contribution in [1.82, 2.24) is 37.2 Å². The Hall–Kier alpha value is -9.98.